The molecule has 21 heavy (non-hydrogen) atoms. The fraction of sp³-hybridized carbons (Fsp3) is 0.588. The number of carbonyl (C=O) groups is 1. The fourth-order valence-corrected chi connectivity index (χ4v) is 4.24. The average molecular weight is 308 g/mol. The number of carbonyl (C=O) groups excluding carboxylic acids is 1. The highest BCUT2D eigenvalue weighted by Crippen LogP contribution is 2.66. The van der Waals surface area contributed by atoms with E-state index in [1.165, 1.54) is 6.42 Å². The second-order valence-electron chi connectivity index (χ2n) is 7.14. The van der Waals surface area contributed by atoms with Gasteiger partial charge in [0.2, 0.25) is 0 Å². The smallest absolute Gasteiger partial charge is 0.411 e. The predicted octanol–water partition coefficient (Wildman–Crippen LogP) is 5.10. The number of hydrogen-bond acceptors (Lipinski definition) is 2. The largest absolute Gasteiger partial charge is 0.445 e. The monoisotopic (exact) mass is 307 g/mol. The number of nitrogens with one attached hydrogen (secondary N) is 1. The SMILES string of the molecule is CC1(C)[C@H]2CC[C@@]1(C)[C@@H](OC(=O)Nc1ccc(Cl)cc1)C2. The molecule has 2 saturated carbocycles. The number of anilines is 1. The fourth-order valence-electron chi connectivity index (χ4n) is 4.12. The van der Waals surface area contributed by atoms with Gasteiger partial charge < -0.3 is 4.74 Å². The Hall–Kier alpha value is -1.22. The van der Waals surface area contributed by atoms with Crippen LogP contribution in [0.2, 0.25) is 5.02 Å². The van der Waals surface area contributed by atoms with Crippen LogP contribution in [0.25, 0.3) is 0 Å². The Morgan fingerprint density at radius 1 is 1.29 bits per heavy atom. The highest BCUT2D eigenvalue weighted by molar-refractivity contribution is 6.30. The molecule has 3 rings (SSSR count). The Kier molecular flexibility index (Phi) is 3.44. The maximum Gasteiger partial charge on any atom is 0.411 e. The minimum absolute atomic E-state index is 0.0125. The van der Waals surface area contributed by atoms with E-state index >= 15 is 0 Å². The molecule has 2 fully saturated rings. The van der Waals surface area contributed by atoms with Crippen LogP contribution in [-0.2, 0) is 4.74 Å². The number of fused-ring (bicyclic) bond motifs is 2. The third-order valence-corrected chi connectivity index (χ3v) is 6.31. The van der Waals surface area contributed by atoms with Gasteiger partial charge in [-0.25, -0.2) is 4.79 Å². The molecule has 1 amide bonds. The van der Waals surface area contributed by atoms with E-state index in [2.05, 4.69) is 26.1 Å². The first kappa shape index (κ1) is 14.7. The third kappa shape index (κ3) is 2.32. The van der Waals surface area contributed by atoms with Gasteiger partial charge in [0.25, 0.3) is 0 Å². The molecule has 0 aromatic heterocycles. The Morgan fingerprint density at radius 2 is 1.95 bits per heavy atom. The van der Waals surface area contributed by atoms with Gasteiger partial charge >= 0.3 is 6.09 Å². The summed E-state index contributed by atoms with van der Waals surface area (Å²) < 4.78 is 5.74. The van der Waals surface area contributed by atoms with Crippen molar-refractivity contribution >= 4 is 23.4 Å². The van der Waals surface area contributed by atoms with Gasteiger partial charge in [0.15, 0.2) is 0 Å². The van der Waals surface area contributed by atoms with E-state index in [4.69, 9.17) is 16.3 Å². The molecule has 1 aromatic rings. The van der Waals surface area contributed by atoms with Crippen molar-refractivity contribution in [2.45, 2.75) is 46.1 Å². The molecule has 0 heterocycles. The highest BCUT2D eigenvalue weighted by atomic mass is 35.5. The third-order valence-electron chi connectivity index (χ3n) is 6.05. The summed E-state index contributed by atoms with van der Waals surface area (Å²) in [6.45, 7) is 6.89. The summed E-state index contributed by atoms with van der Waals surface area (Å²) in [6, 6.07) is 7.05. The standard InChI is InChI=1S/C17H22ClNO2/c1-16(2)11-8-9-17(16,3)14(10-11)21-15(20)19-13-6-4-12(18)5-7-13/h4-7,11,14H,8-10H2,1-3H3,(H,19,20)/t11-,14-,17-/m0/s1. The quantitative estimate of drug-likeness (QED) is 0.825. The first-order chi connectivity index (χ1) is 9.83. The van der Waals surface area contributed by atoms with Crippen molar-refractivity contribution in [2.75, 3.05) is 5.32 Å². The summed E-state index contributed by atoms with van der Waals surface area (Å²) in [5, 5.41) is 3.43. The Bertz CT molecular complexity index is 554. The van der Waals surface area contributed by atoms with Crippen molar-refractivity contribution in [2.24, 2.45) is 16.7 Å². The minimum atomic E-state index is -0.369. The highest BCUT2D eigenvalue weighted by Gasteiger charge is 2.62. The topological polar surface area (TPSA) is 38.3 Å². The van der Waals surface area contributed by atoms with Crippen molar-refractivity contribution in [1.29, 1.82) is 0 Å². The van der Waals surface area contributed by atoms with Crippen LogP contribution in [0.1, 0.15) is 40.0 Å². The lowest BCUT2D eigenvalue weighted by atomic mass is 9.70. The molecule has 114 valence electrons. The zero-order valence-corrected chi connectivity index (χ0v) is 13.5. The maximum absolute atomic E-state index is 12.1. The van der Waals surface area contributed by atoms with Crippen LogP contribution in [0.15, 0.2) is 24.3 Å². The summed E-state index contributed by atoms with van der Waals surface area (Å²) in [4.78, 5) is 12.1. The minimum Gasteiger partial charge on any atom is -0.445 e. The van der Waals surface area contributed by atoms with Gasteiger partial charge in [-0.05, 0) is 54.9 Å². The number of ether oxygens (including phenoxy) is 1. The zero-order valence-electron chi connectivity index (χ0n) is 12.8. The van der Waals surface area contributed by atoms with E-state index < -0.39 is 0 Å². The molecule has 0 saturated heterocycles. The van der Waals surface area contributed by atoms with Gasteiger partial charge in [-0.15, -0.1) is 0 Å². The summed E-state index contributed by atoms with van der Waals surface area (Å²) in [5.74, 6) is 0.663. The second-order valence-corrected chi connectivity index (χ2v) is 7.57. The van der Waals surface area contributed by atoms with E-state index in [1.54, 1.807) is 24.3 Å². The predicted molar refractivity (Wildman–Crippen MR) is 84.6 cm³/mol. The summed E-state index contributed by atoms with van der Waals surface area (Å²) in [6.07, 6.45) is 3.02. The van der Waals surface area contributed by atoms with Gasteiger partial charge in [-0.1, -0.05) is 32.4 Å². The van der Waals surface area contributed by atoms with Crippen molar-refractivity contribution in [1.82, 2.24) is 0 Å². The van der Waals surface area contributed by atoms with Gasteiger partial charge in [-0.3, -0.25) is 5.32 Å². The lowest BCUT2D eigenvalue weighted by Crippen LogP contribution is -2.39. The molecule has 3 atom stereocenters. The van der Waals surface area contributed by atoms with Crippen LogP contribution in [-0.4, -0.2) is 12.2 Å². The molecule has 0 unspecified atom stereocenters. The van der Waals surface area contributed by atoms with Crippen molar-refractivity contribution in [3.05, 3.63) is 29.3 Å². The lowest BCUT2D eigenvalue weighted by molar-refractivity contribution is 0.00148. The molecular formula is C17H22ClNO2. The molecule has 1 aromatic carbocycles. The van der Waals surface area contributed by atoms with Crippen molar-refractivity contribution in [3.8, 4) is 0 Å². The van der Waals surface area contributed by atoms with E-state index in [1.807, 2.05) is 0 Å². The van der Waals surface area contributed by atoms with Crippen molar-refractivity contribution in [3.63, 3.8) is 0 Å². The first-order valence-corrected chi connectivity index (χ1v) is 7.94. The number of rotatable bonds is 2. The molecular weight excluding hydrogens is 286 g/mol. The average Bonchev–Trinajstić information content (AvgIpc) is 2.74. The molecule has 4 heteroatoms. The van der Waals surface area contributed by atoms with Crippen LogP contribution in [0.5, 0.6) is 0 Å². The number of benzene rings is 1. The van der Waals surface area contributed by atoms with Gasteiger partial charge in [0, 0.05) is 16.1 Å². The van der Waals surface area contributed by atoms with Gasteiger partial charge in [0.05, 0.1) is 0 Å². The summed E-state index contributed by atoms with van der Waals surface area (Å²) in [5.41, 5.74) is 1.05. The van der Waals surface area contributed by atoms with Crippen molar-refractivity contribution < 1.29 is 9.53 Å². The molecule has 1 N–H and O–H groups in total. The number of hydrogen-bond donors (Lipinski definition) is 1. The summed E-state index contributed by atoms with van der Waals surface area (Å²) in [7, 11) is 0. The normalized spacial score (nSPS) is 33.0. The summed E-state index contributed by atoms with van der Waals surface area (Å²) >= 11 is 5.83. The number of halogens is 1. The first-order valence-electron chi connectivity index (χ1n) is 7.56. The van der Waals surface area contributed by atoms with Gasteiger partial charge in [-0.2, -0.15) is 0 Å². The maximum atomic E-state index is 12.1. The van der Waals surface area contributed by atoms with Gasteiger partial charge in [0.1, 0.15) is 6.10 Å². The number of amides is 1. The Balaban J connectivity index is 1.65. The Labute approximate surface area is 131 Å². The van der Waals surface area contributed by atoms with Crippen LogP contribution < -0.4 is 5.32 Å². The molecule has 3 nitrogen and oxygen atoms in total. The molecule has 0 aliphatic heterocycles. The molecule has 0 spiro atoms. The van der Waals surface area contributed by atoms with Crippen LogP contribution in [0.4, 0.5) is 10.5 Å². The van der Waals surface area contributed by atoms with E-state index in [0.717, 1.165) is 12.8 Å². The Morgan fingerprint density at radius 3 is 2.48 bits per heavy atom. The molecule has 2 aliphatic carbocycles. The van der Waals surface area contributed by atoms with E-state index in [9.17, 15) is 4.79 Å². The molecule has 0 radical (unpaired) electrons. The second kappa shape index (κ2) is 4.91. The van der Waals surface area contributed by atoms with E-state index in [-0.39, 0.29) is 23.0 Å². The van der Waals surface area contributed by atoms with Crippen LogP contribution in [0, 0.1) is 16.7 Å². The zero-order chi connectivity index (χ0) is 15.3. The molecule has 2 aliphatic rings. The van der Waals surface area contributed by atoms with Crippen LogP contribution >= 0.6 is 11.6 Å². The van der Waals surface area contributed by atoms with Crippen LogP contribution in [0.3, 0.4) is 0 Å². The molecule has 2 bridgehead atoms. The van der Waals surface area contributed by atoms with E-state index in [0.29, 0.717) is 16.6 Å². The lowest BCUT2D eigenvalue weighted by Gasteiger charge is -2.38.